The molecule has 3 aromatic carbocycles. The van der Waals surface area contributed by atoms with Gasteiger partial charge in [0.1, 0.15) is 13.2 Å². The molecule has 0 saturated heterocycles. The maximum absolute atomic E-state index is 10.5. The number of isocyanates is 1. The lowest BCUT2D eigenvalue weighted by Gasteiger charge is -2.14. The molecule has 1 aliphatic rings. The highest BCUT2D eigenvalue weighted by atomic mass is 16.5. The van der Waals surface area contributed by atoms with E-state index in [0.717, 1.165) is 23.1 Å². The lowest BCUT2D eigenvalue weighted by Crippen LogP contribution is -2.01. The summed E-state index contributed by atoms with van der Waals surface area (Å²) < 4.78 is 12.1. The molecule has 4 rings (SSSR count). The third kappa shape index (κ3) is 4.48. The van der Waals surface area contributed by atoms with Crippen LogP contribution in [0.3, 0.4) is 0 Å². The van der Waals surface area contributed by atoms with Gasteiger partial charge in [-0.1, -0.05) is 66.7 Å². The summed E-state index contributed by atoms with van der Waals surface area (Å²) in [5.74, 6) is 1.67. The molecule has 3 aromatic rings. The molecule has 4 heteroatoms. The molecule has 140 valence electrons. The zero-order valence-corrected chi connectivity index (χ0v) is 15.5. The maximum atomic E-state index is 10.5. The standard InChI is InChI=1S/C24H21NO3/c26-17-25-22-14-21(22)20-11-12-23(27-15-18-7-3-1-4-8-18)24(13-20)28-16-19-9-5-2-6-10-19/h1-13,21-22H,14-16H2. The third-order valence-electron chi connectivity index (χ3n) is 4.85. The van der Waals surface area contributed by atoms with Crippen LogP contribution >= 0.6 is 0 Å². The van der Waals surface area contributed by atoms with Crippen molar-refractivity contribution in [2.45, 2.75) is 31.6 Å². The predicted octanol–water partition coefficient (Wildman–Crippen LogP) is 5.04. The molecule has 1 saturated carbocycles. The summed E-state index contributed by atoms with van der Waals surface area (Å²) in [6.45, 7) is 0.940. The first-order valence-corrected chi connectivity index (χ1v) is 9.38. The number of nitrogens with zero attached hydrogens (tertiary/aromatic N) is 1. The second kappa shape index (κ2) is 8.55. The summed E-state index contributed by atoms with van der Waals surface area (Å²) in [6.07, 6.45) is 2.53. The molecule has 0 amide bonds. The van der Waals surface area contributed by atoms with Crippen molar-refractivity contribution in [2.75, 3.05) is 0 Å². The Bertz CT molecular complexity index is 966. The minimum atomic E-state index is 0.0376. The summed E-state index contributed by atoms with van der Waals surface area (Å²) in [5.41, 5.74) is 3.30. The van der Waals surface area contributed by atoms with Gasteiger partial charge in [0, 0.05) is 5.92 Å². The van der Waals surface area contributed by atoms with Crippen molar-refractivity contribution in [3.63, 3.8) is 0 Å². The average molecular weight is 371 g/mol. The fourth-order valence-corrected chi connectivity index (χ4v) is 3.21. The number of benzene rings is 3. The van der Waals surface area contributed by atoms with Crippen molar-refractivity contribution in [3.8, 4) is 11.5 Å². The minimum absolute atomic E-state index is 0.0376. The van der Waals surface area contributed by atoms with Crippen LogP contribution in [0.25, 0.3) is 0 Å². The van der Waals surface area contributed by atoms with Crippen LogP contribution in [0.1, 0.15) is 29.0 Å². The van der Waals surface area contributed by atoms with Gasteiger partial charge in [0.25, 0.3) is 0 Å². The summed E-state index contributed by atoms with van der Waals surface area (Å²) in [5, 5.41) is 0. The Hall–Kier alpha value is -3.36. The van der Waals surface area contributed by atoms with Crippen LogP contribution < -0.4 is 9.47 Å². The zero-order chi connectivity index (χ0) is 19.2. The van der Waals surface area contributed by atoms with Gasteiger partial charge in [0.2, 0.25) is 6.08 Å². The largest absolute Gasteiger partial charge is 0.485 e. The van der Waals surface area contributed by atoms with Crippen LogP contribution in [0, 0.1) is 0 Å². The quantitative estimate of drug-likeness (QED) is 0.412. The highest BCUT2D eigenvalue weighted by Crippen LogP contribution is 2.45. The van der Waals surface area contributed by atoms with E-state index in [1.807, 2.05) is 78.9 Å². The van der Waals surface area contributed by atoms with Gasteiger partial charge in [-0.05, 0) is 35.2 Å². The van der Waals surface area contributed by atoms with Crippen LogP contribution in [-0.2, 0) is 18.0 Å². The zero-order valence-electron chi connectivity index (χ0n) is 15.5. The van der Waals surface area contributed by atoms with Gasteiger partial charge in [-0.25, -0.2) is 9.79 Å². The first kappa shape index (κ1) is 18.0. The normalized spacial score (nSPS) is 17.4. The van der Waals surface area contributed by atoms with E-state index in [9.17, 15) is 4.79 Å². The molecule has 0 spiro atoms. The molecule has 1 fully saturated rings. The van der Waals surface area contributed by atoms with Gasteiger partial charge in [-0.15, -0.1) is 0 Å². The highest BCUT2D eigenvalue weighted by molar-refractivity contribution is 5.47. The van der Waals surface area contributed by atoms with Crippen molar-refractivity contribution >= 4 is 6.08 Å². The van der Waals surface area contributed by atoms with Gasteiger partial charge in [0.05, 0.1) is 6.04 Å². The maximum Gasteiger partial charge on any atom is 0.235 e. The molecule has 0 bridgehead atoms. The van der Waals surface area contributed by atoms with E-state index in [4.69, 9.17) is 9.47 Å². The molecule has 28 heavy (non-hydrogen) atoms. The van der Waals surface area contributed by atoms with E-state index < -0.39 is 0 Å². The fraction of sp³-hybridized carbons (Fsp3) is 0.208. The van der Waals surface area contributed by atoms with Crippen molar-refractivity contribution in [2.24, 2.45) is 4.99 Å². The lowest BCUT2D eigenvalue weighted by atomic mass is 10.1. The summed E-state index contributed by atoms with van der Waals surface area (Å²) >= 11 is 0. The van der Waals surface area contributed by atoms with Crippen molar-refractivity contribution < 1.29 is 14.3 Å². The van der Waals surface area contributed by atoms with E-state index in [0.29, 0.717) is 24.7 Å². The fourth-order valence-electron chi connectivity index (χ4n) is 3.21. The topological polar surface area (TPSA) is 47.9 Å². The van der Waals surface area contributed by atoms with Gasteiger partial charge in [-0.2, -0.15) is 0 Å². The molecular weight excluding hydrogens is 350 g/mol. The molecule has 2 unspecified atom stereocenters. The monoisotopic (exact) mass is 371 g/mol. The van der Waals surface area contributed by atoms with E-state index >= 15 is 0 Å². The number of carbonyl (C=O) groups excluding carboxylic acids is 1. The molecule has 0 radical (unpaired) electrons. The van der Waals surface area contributed by atoms with E-state index in [2.05, 4.69) is 4.99 Å². The summed E-state index contributed by atoms with van der Waals surface area (Å²) in [4.78, 5) is 14.3. The molecule has 0 heterocycles. The molecule has 1 aliphatic carbocycles. The molecule has 0 N–H and O–H groups in total. The van der Waals surface area contributed by atoms with Crippen LogP contribution in [-0.4, -0.2) is 12.1 Å². The van der Waals surface area contributed by atoms with E-state index in [1.54, 1.807) is 6.08 Å². The van der Waals surface area contributed by atoms with Crippen LogP contribution in [0.5, 0.6) is 11.5 Å². The summed E-state index contributed by atoms with van der Waals surface area (Å²) in [6, 6.07) is 26.1. The number of rotatable bonds is 8. The van der Waals surface area contributed by atoms with Gasteiger partial charge in [-0.3, -0.25) is 0 Å². The molecule has 0 aliphatic heterocycles. The Morgan fingerprint density at radius 3 is 2.04 bits per heavy atom. The van der Waals surface area contributed by atoms with E-state index in [1.165, 1.54) is 0 Å². The van der Waals surface area contributed by atoms with Crippen LogP contribution in [0.2, 0.25) is 0 Å². The second-order valence-electron chi connectivity index (χ2n) is 6.88. The molecular formula is C24H21NO3. The second-order valence-corrected chi connectivity index (χ2v) is 6.88. The minimum Gasteiger partial charge on any atom is -0.485 e. The molecule has 4 nitrogen and oxygen atoms in total. The lowest BCUT2D eigenvalue weighted by molar-refractivity contribution is 0.255. The van der Waals surface area contributed by atoms with Gasteiger partial charge in [0.15, 0.2) is 11.5 Å². The smallest absolute Gasteiger partial charge is 0.235 e. The number of hydrogen-bond donors (Lipinski definition) is 0. The third-order valence-corrected chi connectivity index (χ3v) is 4.85. The highest BCUT2D eigenvalue weighted by Gasteiger charge is 2.39. The Morgan fingerprint density at radius 2 is 1.43 bits per heavy atom. The Morgan fingerprint density at radius 1 is 0.821 bits per heavy atom. The van der Waals surface area contributed by atoms with Crippen LogP contribution in [0.4, 0.5) is 0 Å². The molecule has 2 atom stereocenters. The van der Waals surface area contributed by atoms with Gasteiger partial charge < -0.3 is 9.47 Å². The number of aliphatic imine (C=N–C) groups is 1. The van der Waals surface area contributed by atoms with Crippen LogP contribution in [0.15, 0.2) is 83.9 Å². The Balaban J connectivity index is 1.52. The SMILES string of the molecule is O=C=NC1CC1c1ccc(OCc2ccccc2)c(OCc2ccccc2)c1. The number of ether oxygens (including phenoxy) is 2. The molecule has 0 aromatic heterocycles. The average Bonchev–Trinajstić information content (AvgIpc) is 3.52. The van der Waals surface area contributed by atoms with Crippen molar-refractivity contribution in [1.82, 2.24) is 0 Å². The number of hydrogen-bond acceptors (Lipinski definition) is 4. The first-order chi connectivity index (χ1) is 13.8. The van der Waals surface area contributed by atoms with Gasteiger partial charge >= 0.3 is 0 Å². The van der Waals surface area contributed by atoms with E-state index in [-0.39, 0.29) is 12.0 Å². The van der Waals surface area contributed by atoms with Crippen molar-refractivity contribution in [3.05, 3.63) is 95.6 Å². The Kier molecular flexibility index (Phi) is 5.51. The Labute approximate surface area is 164 Å². The predicted molar refractivity (Wildman–Crippen MR) is 107 cm³/mol. The first-order valence-electron chi connectivity index (χ1n) is 9.38. The summed E-state index contributed by atoms with van der Waals surface area (Å²) in [7, 11) is 0. The van der Waals surface area contributed by atoms with Crippen molar-refractivity contribution in [1.29, 1.82) is 0 Å².